The molecule has 0 aliphatic carbocycles. The number of amides is 2. The highest BCUT2D eigenvalue weighted by Gasteiger charge is 2.40. The maximum Gasteiger partial charge on any atom is 0.254 e. The fourth-order valence-corrected chi connectivity index (χ4v) is 3.68. The van der Waals surface area contributed by atoms with E-state index in [1.54, 1.807) is 24.4 Å². The third-order valence-corrected chi connectivity index (χ3v) is 5.09. The molecule has 0 atom stereocenters. The van der Waals surface area contributed by atoms with Crippen LogP contribution in [0.25, 0.3) is 0 Å². The maximum absolute atomic E-state index is 12.9. The number of carbonyl (C=O) groups is 2. The van der Waals surface area contributed by atoms with Crippen LogP contribution in [0.2, 0.25) is 0 Å². The van der Waals surface area contributed by atoms with E-state index in [9.17, 15) is 9.59 Å². The van der Waals surface area contributed by atoms with E-state index in [-0.39, 0.29) is 11.8 Å². The van der Waals surface area contributed by atoms with Gasteiger partial charge >= 0.3 is 0 Å². The molecule has 1 spiro atoms. The topological polar surface area (TPSA) is 92.8 Å². The first-order valence-electron chi connectivity index (χ1n) is 9.71. The molecule has 2 aliphatic heterocycles. The van der Waals surface area contributed by atoms with Crippen LogP contribution in [-0.4, -0.2) is 53.8 Å². The van der Waals surface area contributed by atoms with Gasteiger partial charge in [0.1, 0.15) is 5.82 Å². The standard InChI is InChI=1S/C21H24N4O4/c1-15(26)23-17-3-2-4-18(14-17)24-19-13-16(5-8-22-19)20(27)25-9-6-21(7-10-25)28-11-12-29-21/h2-5,8,13-14H,6-7,9-12H2,1H3,(H,22,24)(H,23,26). The summed E-state index contributed by atoms with van der Waals surface area (Å²) in [6, 6.07) is 10.8. The summed E-state index contributed by atoms with van der Waals surface area (Å²) < 4.78 is 11.5. The average molecular weight is 396 g/mol. The van der Waals surface area contributed by atoms with Crippen molar-refractivity contribution >= 4 is 29.0 Å². The van der Waals surface area contributed by atoms with Gasteiger partial charge in [-0.05, 0) is 30.3 Å². The Morgan fingerprint density at radius 1 is 1.07 bits per heavy atom. The highest BCUT2D eigenvalue weighted by atomic mass is 16.7. The second kappa shape index (κ2) is 8.18. The first-order chi connectivity index (χ1) is 14.0. The zero-order chi connectivity index (χ0) is 20.3. The lowest BCUT2D eigenvalue weighted by atomic mass is 10.0. The average Bonchev–Trinajstić information content (AvgIpc) is 3.16. The lowest BCUT2D eigenvalue weighted by Gasteiger charge is -2.37. The van der Waals surface area contributed by atoms with Crippen LogP contribution in [0.5, 0.6) is 0 Å². The number of hydrogen-bond acceptors (Lipinski definition) is 6. The van der Waals surface area contributed by atoms with Gasteiger partial charge in [-0.15, -0.1) is 0 Å². The molecule has 4 rings (SSSR count). The number of benzene rings is 1. The summed E-state index contributed by atoms with van der Waals surface area (Å²) in [6.07, 6.45) is 2.98. The molecule has 2 amide bonds. The van der Waals surface area contributed by atoms with Crippen molar-refractivity contribution in [2.75, 3.05) is 36.9 Å². The van der Waals surface area contributed by atoms with Gasteiger partial charge in [-0.25, -0.2) is 4.98 Å². The highest BCUT2D eigenvalue weighted by Crippen LogP contribution is 2.31. The number of nitrogens with one attached hydrogen (secondary N) is 2. The monoisotopic (exact) mass is 396 g/mol. The van der Waals surface area contributed by atoms with Crippen molar-refractivity contribution in [3.8, 4) is 0 Å². The lowest BCUT2D eigenvalue weighted by Crippen LogP contribution is -2.47. The molecular formula is C21H24N4O4. The van der Waals surface area contributed by atoms with Crippen LogP contribution in [-0.2, 0) is 14.3 Å². The quantitative estimate of drug-likeness (QED) is 0.826. The molecule has 29 heavy (non-hydrogen) atoms. The third-order valence-electron chi connectivity index (χ3n) is 5.09. The van der Waals surface area contributed by atoms with Gasteiger partial charge in [-0.3, -0.25) is 9.59 Å². The Hall–Kier alpha value is -2.97. The van der Waals surface area contributed by atoms with Crippen molar-refractivity contribution in [3.05, 3.63) is 48.2 Å². The number of aromatic nitrogens is 1. The van der Waals surface area contributed by atoms with Gasteiger partial charge in [-0.2, -0.15) is 0 Å². The second-order valence-electron chi connectivity index (χ2n) is 7.22. The Labute approximate surface area is 169 Å². The normalized spacial score (nSPS) is 17.9. The second-order valence-corrected chi connectivity index (χ2v) is 7.22. The van der Waals surface area contributed by atoms with Crippen molar-refractivity contribution in [3.63, 3.8) is 0 Å². The van der Waals surface area contributed by atoms with Gasteiger partial charge in [0.05, 0.1) is 13.2 Å². The van der Waals surface area contributed by atoms with Crippen LogP contribution in [0.1, 0.15) is 30.1 Å². The highest BCUT2D eigenvalue weighted by molar-refractivity contribution is 5.95. The molecule has 2 aliphatic rings. The molecule has 0 bridgehead atoms. The van der Waals surface area contributed by atoms with Gasteiger partial charge in [0.2, 0.25) is 5.91 Å². The number of likely N-dealkylation sites (tertiary alicyclic amines) is 1. The van der Waals surface area contributed by atoms with Gasteiger partial charge < -0.3 is 25.0 Å². The van der Waals surface area contributed by atoms with E-state index in [2.05, 4.69) is 15.6 Å². The molecule has 1 aromatic heterocycles. The summed E-state index contributed by atoms with van der Waals surface area (Å²) in [5.74, 6) is -0.104. The first-order valence-corrected chi connectivity index (χ1v) is 9.71. The van der Waals surface area contributed by atoms with Crippen LogP contribution in [0, 0.1) is 0 Å². The van der Waals surface area contributed by atoms with Crippen molar-refractivity contribution in [2.24, 2.45) is 0 Å². The Balaban J connectivity index is 1.42. The Morgan fingerprint density at radius 3 is 2.52 bits per heavy atom. The van der Waals surface area contributed by atoms with Crippen LogP contribution in [0.15, 0.2) is 42.6 Å². The van der Waals surface area contributed by atoms with E-state index in [1.165, 1.54) is 6.92 Å². The SMILES string of the molecule is CC(=O)Nc1cccc(Nc2cc(C(=O)N3CCC4(CC3)OCCO4)ccn2)c1. The van der Waals surface area contributed by atoms with Crippen molar-refractivity contribution in [2.45, 2.75) is 25.6 Å². The Morgan fingerprint density at radius 2 is 1.79 bits per heavy atom. The van der Waals surface area contributed by atoms with Crippen LogP contribution < -0.4 is 10.6 Å². The van der Waals surface area contributed by atoms with Crippen LogP contribution in [0.4, 0.5) is 17.2 Å². The maximum atomic E-state index is 12.9. The molecule has 1 aromatic carbocycles. The van der Waals surface area contributed by atoms with E-state index in [0.29, 0.717) is 56.2 Å². The molecule has 0 saturated carbocycles. The molecule has 0 unspecified atom stereocenters. The summed E-state index contributed by atoms with van der Waals surface area (Å²) in [6.45, 7) is 3.91. The minimum atomic E-state index is -0.499. The van der Waals surface area contributed by atoms with Gasteiger partial charge in [0.15, 0.2) is 5.79 Å². The molecular weight excluding hydrogens is 372 g/mol. The van der Waals surface area contributed by atoms with Crippen LogP contribution >= 0.6 is 0 Å². The van der Waals surface area contributed by atoms with Gasteiger partial charge in [-0.1, -0.05) is 6.07 Å². The zero-order valence-corrected chi connectivity index (χ0v) is 16.3. The van der Waals surface area contributed by atoms with Crippen molar-refractivity contribution in [1.29, 1.82) is 0 Å². The number of rotatable bonds is 4. The molecule has 152 valence electrons. The predicted octanol–water partition coefficient (Wildman–Crippen LogP) is 2.76. The number of nitrogens with zero attached hydrogens (tertiary/aromatic N) is 2. The summed E-state index contributed by atoms with van der Waals surface area (Å²) in [4.78, 5) is 30.3. The molecule has 8 heteroatoms. The van der Waals surface area contributed by atoms with Gasteiger partial charge in [0.25, 0.3) is 5.91 Å². The fraction of sp³-hybridized carbons (Fsp3) is 0.381. The zero-order valence-electron chi connectivity index (χ0n) is 16.3. The minimum absolute atomic E-state index is 0.0321. The number of hydrogen-bond donors (Lipinski definition) is 2. The lowest BCUT2D eigenvalue weighted by molar-refractivity contribution is -0.181. The van der Waals surface area contributed by atoms with E-state index >= 15 is 0 Å². The summed E-state index contributed by atoms with van der Waals surface area (Å²) in [5, 5.41) is 5.93. The number of pyridine rings is 1. The summed E-state index contributed by atoms with van der Waals surface area (Å²) in [5.41, 5.74) is 2.03. The molecule has 2 N–H and O–H groups in total. The number of anilines is 3. The molecule has 0 radical (unpaired) electrons. The molecule has 2 saturated heterocycles. The van der Waals surface area contributed by atoms with Crippen molar-refractivity contribution < 1.29 is 19.1 Å². The third kappa shape index (κ3) is 4.55. The number of carbonyl (C=O) groups excluding carboxylic acids is 2. The van der Waals surface area contributed by atoms with E-state index in [4.69, 9.17) is 9.47 Å². The van der Waals surface area contributed by atoms with Crippen LogP contribution in [0.3, 0.4) is 0 Å². The van der Waals surface area contributed by atoms with E-state index < -0.39 is 5.79 Å². The first kappa shape index (κ1) is 19.4. The van der Waals surface area contributed by atoms with E-state index in [1.807, 2.05) is 23.1 Å². The smallest absolute Gasteiger partial charge is 0.254 e. The Kier molecular flexibility index (Phi) is 5.46. The fourth-order valence-electron chi connectivity index (χ4n) is 3.68. The van der Waals surface area contributed by atoms with E-state index in [0.717, 1.165) is 5.69 Å². The Bertz CT molecular complexity index is 901. The van der Waals surface area contributed by atoms with Crippen molar-refractivity contribution in [1.82, 2.24) is 9.88 Å². The number of piperidine rings is 1. The largest absolute Gasteiger partial charge is 0.347 e. The molecule has 8 nitrogen and oxygen atoms in total. The van der Waals surface area contributed by atoms with Gasteiger partial charge in [0, 0.05) is 56.0 Å². The minimum Gasteiger partial charge on any atom is -0.347 e. The molecule has 3 heterocycles. The molecule has 2 fully saturated rings. The summed E-state index contributed by atoms with van der Waals surface area (Å²) in [7, 11) is 0. The molecule has 2 aromatic rings. The number of ether oxygens (including phenoxy) is 2. The summed E-state index contributed by atoms with van der Waals surface area (Å²) >= 11 is 0. The predicted molar refractivity (Wildman–Crippen MR) is 108 cm³/mol.